The minimum atomic E-state index is -0.224. The van der Waals surface area contributed by atoms with E-state index in [1.165, 1.54) is 10.8 Å². The minimum absolute atomic E-state index is 0.198. The third-order valence-corrected chi connectivity index (χ3v) is 4.41. The number of Topliss-reactive ketones (excluding diaryl/α,β-unsaturated/α-hetero) is 1. The highest BCUT2D eigenvalue weighted by Gasteiger charge is 2.22. The lowest BCUT2D eigenvalue weighted by atomic mass is 9.99. The molecular weight excluding hydrogens is 256 g/mol. The molecule has 98 valence electrons. The average Bonchev–Trinajstić information content (AvgIpc) is 2.48. The van der Waals surface area contributed by atoms with Gasteiger partial charge in [-0.25, -0.2) is 0 Å². The van der Waals surface area contributed by atoms with E-state index in [0.717, 1.165) is 17.1 Å². The number of fused-ring (bicyclic) bond motifs is 1. The molecule has 1 saturated heterocycles. The Morgan fingerprint density at radius 1 is 1.21 bits per heavy atom. The largest absolute Gasteiger partial charge is 0.369 e. The number of hydrogen-bond donors (Lipinski definition) is 0. The van der Waals surface area contributed by atoms with Gasteiger partial charge in [0.1, 0.15) is 6.10 Å². The van der Waals surface area contributed by atoms with Crippen LogP contribution >= 0.6 is 11.8 Å². The monoisotopic (exact) mass is 272 g/mol. The molecule has 2 aromatic carbocycles. The first-order chi connectivity index (χ1) is 9.34. The molecule has 1 fully saturated rings. The molecule has 2 aromatic rings. The zero-order valence-corrected chi connectivity index (χ0v) is 11.5. The van der Waals surface area contributed by atoms with Crippen LogP contribution in [0.4, 0.5) is 0 Å². The molecule has 0 radical (unpaired) electrons. The van der Waals surface area contributed by atoms with Crippen molar-refractivity contribution in [1.29, 1.82) is 0 Å². The van der Waals surface area contributed by atoms with Crippen molar-refractivity contribution >= 4 is 28.3 Å². The van der Waals surface area contributed by atoms with E-state index < -0.39 is 0 Å². The van der Waals surface area contributed by atoms with Gasteiger partial charge in [0.05, 0.1) is 6.61 Å². The second-order valence-electron chi connectivity index (χ2n) is 4.72. The van der Waals surface area contributed by atoms with Crippen LogP contribution in [0.3, 0.4) is 0 Å². The Morgan fingerprint density at radius 3 is 2.89 bits per heavy atom. The van der Waals surface area contributed by atoms with Crippen molar-refractivity contribution in [2.24, 2.45) is 0 Å². The van der Waals surface area contributed by atoms with E-state index in [1.807, 2.05) is 24.3 Å². The summed E-state index contributed by atoms with van der Waals surface area (Å²) in [6.45, 7) is 0.691. The Hall–Kier alpha value is -1.32. The highest BCUT2D eigenvalue weighted by Crippen LogP contribution is 2.21. The van der Waals surface area contributed by atoms with E-state index in [4.69, 9.17) is 4.74 Å². The molecule has 0 saturated carbocycles. The van der Waals surface area contributed by atoms with Crippen LogP contribution < -0.4 is 0 Å². The fraction of sp³-hybridized carbons (Fsp3) is 0.312. The van der Waals surface area contributed by atoms with Gasteiger partial charge >= 0.3 is 0 Å². The van der Waals surface area contributed by atoms with Gasteiger partial charge in [0.25, 0.3) is 0 Å². The molecule has 0 aromatic heterocycles. The van der Waals surface area contributed by atoms with Crippen LogP contribution in [-0.2, 0) is 16.0 Å². The zero-order chi connectivity index (χ0) is 13.1. The van der Waals surface area contributed by atoms with Crippen molar-refractivity contribution < 1.29 is 9.53 Å². The molecule has 0 N–H and O–H groups in total. The van der Waals surface area contributed by atoms with Crippen molar-refractivity contribution in [2.45, 2.75) is 12.5 Å². The Morgan fingerprint density at radius 2 is 2.05 bits per heavy atom. The molecule has 0 aliphatic carbocycles. The summed E-state index contributed by atoms with van der Waals surface area (Å²) in [4.78, 5) is 12.3. The molecule has 1 unspecified atom stereocenters. The van der Waals surface area contributed by atoms with Gasteiger partial charge in [0.15, 0.2) is 5.78 Å². The lowest BCUT2D eigenvalue weighted by Crippen LogP contribution is -2.32. The lowest BCUT2D eigenvalue weighted by molar-refractivity contribution is -0.128. The Labute approximate surface area is 117 Å². The predicted octanol–water partition coefficient (Wildman–Crippen LogP) is 3.08. The SMILES string of the molecule is O=C(Cc1cccc2ccccc12)C1CSCCO1. The maximum absolute atomic E-state index is 12.3. The summed E-state index contributed by atoms with van der Waals surface area (Å²) < 4.78 is 5.55. The summed E-state index contributed by atoms with van der Waals surface area (Å²) in [5.74, 6) is 1.99. The molecule has 1 heterocycles. The summed E-state index contributed by atoms with van der Waals surface area (Å²) >= 11 is 1.80. The van der Waals surface area contributed by atoms with Gasteiger partial charge in [-0.3, -0.25) is 4.79 Å². The topological polar surface area (TPSA) is 26.3 Å². The molecule has 3 heteroatoms. The number of carbonyl (C=O) groups is 1. The molecule has 19 heavy (non-hydrogen) atoms. The van der Waals surface area contributed by atoms with E-state index >= 15 is 0 Å². The normalized spacial score (nSPS) is 19.5. The summed E-state index contributed by atoms with van der Waals surface area (Å²) in [6, 6.07) is 14.3. The Bertz CT molecular complexity index is 583. The van der Waals surface area contributed by atoms with Crippen LogP contribution in [0, 0.1) is 0 Å². The second kappa shape index (κ2) is 5.76. The van der Waals surface area contributed by atoms with Gasteiger partial charge in [-0.2, -0.15) is 11.8 Å². The average molecular weight is 272 g/mol. The highest BCUT2D eigenvalue weighted by molar-refractivity contribution is 7.99. The van der Waals surface area contributed by atoms with E-state index in [9.17, 15) is 4.79 Å². The first kappa shape index (κ1) is 12.7. The van der Waals surface area contributed by atoms with Crippen molar-refractivity contribution in [3.05, 3.63) is 48.0 Å². The van der Waals surface area contributed by atoms with Crippen LogP contribution in [0.15, 0.2) is 42.5 Å². The highest BCUT2D eigenvalue weighted by atomic mass is 32.2. The van der Waals surface area contributed by atoms with Crippen molar-refractivity contribution in [3.63, 3.8) is 0 Å². The van der Waals surface area contributed by atoms with E-state index in [1.54, 1.807) is 11.8 Å². The third-order valence-electron chi connectivity index (χ3n) is 3.42. The molecule has 2 nitrogen and oxygen atoms in total. The van der Waals surface area contributed by atoms with Gasteiger partial charge < -0.3 is 4.74 Å². The Kier molecular flexibility index (Phi) is 3.85. The van der Waals surface area contributed by atoms with E-state index in [-0.39, 0.29) is 11.9 Å². The second-order valence-corrected chi connectivity index (χ2v) is 5.87. The molecule has 1 aliphatic heterocycles. The summed E-state index contributed by atoms with van der Waals surface area (Å²) in [5, 5.41) is 2.36. The van der Waals surface area contributed by atoms with Crippen molar-refractivity contribution in [2.75, 3.05) is 18.1 Å². The number of benzene rings is 2. The molecular formula is C16H16O2S. The summed E-state index contributed by atoms with van der Waals surface area (Å²) in [7, 11) is 0. The number of thioether (sulfide) groups is 1. The van der Waals surface area contributed by atoms with Crippen LogP contribution in [0.2, 0.25) is 0 Å². The molecule has 0 spiro atoms. The van der Waals surface area contributed by atoms with Crippen LogP contribution in [0.5, 0.6) is 0 Å². The predicted molar refractivity (Wildman–Crippen MR) is 79.7 cm³/mol. The summed E-state index contributed by atoms with van der Waals surface area (Å²) in [5.41, 5.74) is 1.10. The first-order valence-electron chi connectivity index (χ1n) is 6.53. The molecule has 3 rings (SSSR count). The van der Waals surface area contributed by atoms with Gasteiger partial charge in [-0.05, 0) is 16.3 Å². The smallest absolute Gasteiger partial charge is 0.166 e. The maximum atomic E-state index is 12.3. The molecule has 0 amide bonds. The fourth-order valence-corrected chi connectivity index (χ4v) is 3.30. The standard InChI is InChI=1S/C16H16O2S/c17-15(16-11-19-9-8-18-16)10-13-6-3-5-12-4-1-2-7-14(12)13/h1-7,16H,8-11H2. The van der Waals surface area contributed by atoms with E-state index in [2.05, 4.69) is 18.2 Å². The van der Waals surface area contributed by atoms with Crippen molar-refractivity contribution in [3.8, 4) is 0 Å². The third kappa shape index (κ3) is 2.82. The van der Waals surface area contributed by atoms with Crippen LogP contribution in [0.1, 0.15) is 5.56 Å². The van der Waals surface area contributed by atoms with Gasteiger partial charge in [0.2, 0.25) is 0 Å². The number of carbonyl (C=O) groups excluding carboxylic acids is 1. The quantitative estimate of drug-likeness (QED) is 0.859. The molecule has 1 atom stereocenters. The first-order valence-corrected chi connectivity index (χ1v) is 7.69. The minimum Gasteiger partial charge on any atom is -0.369 e. The zero-order valence-electron chi connectivity index (χ0n) is 10.7. The van der Waals surface area contributed by atoms with E-state index in [0.29, 0.717) is 13.0 Å². The Balaban J connectivity index is 1.82. The maximum Gasteiger partial charge on any atom is 0.166 e. The fourth-order valence-electron chi connectivity index (χ4n) is 2.42. The van der Waals surface area contributed by atoms with Gasteiger partial charge in [-0.1, -0.05) is 42.5 Å². The number of ketones is 1. The van der Waals surface area contributed by atoms with Crippen LogP contribution in [-0.4, -0.2) is 30.0 Å². The molecule has 0 bridgehead atoms. The number of hydrogen-bond acceptors (Lipinski definition) is 3. The molecule has 1 aliphatic rings. The number of ether oxygens (including phenoxy) is 1. The lowest BCUT2D eigenvalue weighted by Gasteiger charge is -2.21. The van der Waals surface area contributed by atoms with Gasteiger partial charge in [0, 0.05) is 17.9 Å². The van der Waals surface area contributed by atoms with Gasteiger partial charge in [-0.15, -0.1) is 0 Å². The van der Waals surface area contributed by atoms with Crippen molar-refractivity contribution in [1.82, 2.24) is 0 Å². The summed E-state index contributed by atoms with van der Waals surface area (Å²) in [6.07, 6.45) is 0.241. The number of rotatable bonds is 3. The van der Waals surface area contributed by atoms with Crippen LogP contribution in [0.25, 0.3) is 10.8 Å².